The van der Waals surface area contributed by atoms with Gasteiger partial charge in [-0.15, -0.1) is 6.58 Å². The summed E-state index contributed by atoms with van der Waals surface area (Å²) in [6.07, 6.45) is -2.96. The quantitative estimate of drug-likeness (QED) is 0.436. The summed E-state index contributed by atoms with van der Waals surface area (Å²) in [4.78, 5) is 35.9. The molecule has 1 aliphatic rings. The maximum Gasteiger partial charge on any atom is 0.330 e. The number of carbonyl (C=O) groups excluding carboxylic acids is 1. The second kappa shape index (κ2) is 7.51. The fourth-order valence-electron chi connectivity index (χ4n) is 2.21. The molecule has 1 saturated heterocycles. The van der Waals surface area contributed by atoms with Crippen LogP contribution in [0.1, 0.15) is 19.1 Å². The number of ether oxygens (including phenoxy) is 2. The lowest BCUT2D eigenvalue weighted by Gasteiger charge is -2.16. The molecule has 3 N–H and O–H groups in total. The highest BCUT2D eigenvalue weighted by Gasteiger charge is 2.44. The summed E-state index contributed by atoms with van der Waals surface area (Å²) in [6.45, 7) is 3.11. The number of esters is 1. The van der Waals surface area contributed by atoms with Gasteiger partial charge in [0.1, 0.15) is 24.9 Å². The highest BCUT2D eigenvalue weighted by molar-refractivity contribution is 5.69. The third-order valence-corrected chi connectivity index (χ3v) is 3.50. The molecule has 2 heterocycles. The molecule has 1 aliphatic heterocycles. The number of allylic oxidation sites excluding steroid dienone is 1. The number of H-pyrrole nitrogens is 1. The molecule has 0 aliphatic carbocycles. The molecule has 4 atom stereocenters. The molecule has 0 spiro atoms. The minimum atomic E-state index is -1.58. The molecule has 1 aromatic rings. The van der Waals surface area contributed by atoms with Crippen molar-refractivity contribution in [2.75, 3.05) is 6.61 Å². The summed E-state index contributed by atoms with van der Waals surface area (Å²) in [5.41, 5.74) is -2.22. The first-order valence-corrected chi connectivity index (χ1v) is 7.14. The van der Waals surface area contributed by atoms with Gasteiger partial charge in [-0.2, -0.15) is 4.39 Å². The van der Waals surface area contributed by atoms with Gasteiger partial charge in [-0.1, -0.05) is 6.08 Å². The molecule has 1 aromatic heterocycles. The van der Waals surface area contributed by atoms with Crippen molar-refractivity contribution in [1.29, 1.82) is 0 Å². The standard InChI is InChI=1S/C14H17FN2O7/c1-2-3-4-9(18)23-6-8-10(19)11(20)13(24-8)17-5-7(15)12(21)16-14(17)22/h2,5,8,10-11,13,19-20H,1,3-4,6H2,(H,16,21,22)/t8-,10-,11-,13-/m1/s1. The van der Waals surface area contributed by atoms with Crippen molar-refractivity contribution in [1.82, 2.24) is 9.55 Å². The number of nitrogens with zero attached hydrogens (tertiary/aromatic N) is 1. The van der Waals surface area contributed by atoms with E-state index in [9.17, 15) is 29.0 Å². The van der Waals surface area contributed by atoms with Gasteiger partial charge in [0, 0.05) is 6.42 Å². The second-order valence-corrected chi connectivity index (χ2v) is 5.20. The van der Waals surface area contributed by atoms with E-state index in [0.717, 1.165) is 0 Å². The van der Waals surface area contributed by atoms with Crippen LogP contribution < -0.4 is 11.2 Å². The number of hydrogen-bond acceptors (Lipinski definition) is 7. The zero-order valence-corrected chi connectivity index (χ0v) is 12.6. The lowest BCUT2D eigenvalue weighted by molar-refractivity contribution is -0.150. The molecule has 0 bridgehead atoms. The topological polar surface area (TPSA) is 131 Å². The number of nitrogens with one attached hydrogen (secondary N) is 1. The summed E-state index contributed by atoms with van der Waals surface area (Å²) in [5.74, 6) is -1.80. The van der Waals surface area contributed by atoms with Gasteiger partial charge in [0.15, 0.2) is 6.23 Å². The lowest BCUT2D eigenvalue weighted by atomic mass is 10.1. The van der Waals surface area contributed by atoms with Crippen molar-refractivity contribution < 1.29 is 28.9 Å². The molecule has 0 unspecified atom stereocenters. The van der Waals surface area contributed by atoms with E-state index in [1.807, 2.05) is 0 Å². The van der Waals surface area contributed by atoms with Crippen molar-refractivity contribution in [2.45, 2.75) is 37.4 Å². The van der Waals surface area contributed by atoms with Gasteiger partial charge < -0.3 is 19.7 Å². The van der Waals surface area contributed by atoms with E-state index in [1.165, 1.54) is 0 Å². The van der Waals surface area contributed by atoms with Crippen molar-refractivity contribution in [3.63, 3.8) is 0 Å². The summed E-state index contributed by atoms with van der Waals surface area (Å²) < 4.78 is 24.1. The van der Waals surface area contributed by atoms with Crippen LogP contribution in [0.3, 0.4) is 0 Å². The third-order valence-electron chi connectivity index (χ3n) is 3.50. The predicted molar refractivity (Wildman–Crippen MR) is 77.6 cm³/mol. The van der Waals surface area contributed by atoms with Crippen LogP contribution in [-0.4, -0.2) is 50.7 Å². The summed E-state index contributed by atoms with van der Waals surface area (Å²) in [7, 11) is 0. The molecular weight excluding hydrogens is 327 g/mol. The number of hydrogen-bond donors (Lipinski definition) is 3. The Kier molecular flexibility index (Phi) is 5.65. The smallest absolute Gasteiger partial charge is 0.330 e. The van der Waals surface area contributed by atoms with Gasteiger partial charge in [0.05, 0.1) is 6.20 Å². The molecule has 2 rings (SSSR count). The van der Waals surface area contributed by atoms with Crippen LogP contribution >= 0.6 is 0 Å². The third kappa shape index (κ3) is 3.78. The maximum absolute atomic E-state index is 13.3. The van der Waals surface area contributed by atoms with E-state index in [4.69, 9.17) is 9.47 Å². The number of aromatic amines is 1. The van der Waals surface area contributed by atoms with Gasteiger partial charge in [-0.3, -0.25) is 19.1 Å². The number of carbonyl (C=O) groups is 1. The van der Waals surface area contributed by atoms with Gasteiger partial charge in [0.25, 0.3) is 5.56 Å². The Morgan fingerprint density at radius 2 is 2.17 bits per heavy atom. The van der Waals surface area contributed by atoms with Crippen molar-refractivity contribution in [3.8, 4) is 0 Å². The summed E-state index contributed by atoms with van der Waals surface area (Å²) >= 11 is 0. The van der Waals surface area contributed by atoms with E-state index >= 15 is 0 Å². The first-order chi connectivity index (χ1) is 11.3. The number of aliphatic hydroxyl groups excluding tert-OH is 2. The average molecular weight is 344 g/mol. The molecule has 0 amide bonds. The minimum absolute atomic E-state index is 0.100. The van der Waals surface area contributed by atoms with E-state index in [1.54, 1.807) is 11.1 Å². The molecule has 10 heteroatoms. The molecular formula is C14H17FN2O7. The van der Waals surface area contributed by atoms with Crippen LogP contribution in [0.5, 0.6) is 0 Å². The van der Waals surface area contributed by atoms with Crippen molar-refractivity contribution in [3.05, 3.63) is 45.5 Å². The van der Waals surface area contributed by atoms with Crippen molar-refractivity contribution in [2.24, 2.45) is 0 Å². The van der Waals surface area contributed by atoms with Crippen LogP contribution in [-0.2, 0) is 14.3 Å². The molecule has 0 radical (unpaired) electrons. The zero-order chi connectivity index (χ0) is 17.9. The Hall–Kier alpha value is -2.30. The molecule has 9 nitrogen and oxygen atoms in total. The average Bonchev–Trinajstić information content (AvgIpc) is 2.82. The van der Waals surface area contributed by atoms with Crippen LogP contribution in [0, 0.1) is 5.82 Å². The lowest BCUT2D eigenvalue weighted by Crippen LogP contribution is -2.38. The SMILES string of the molecule is C=CCCC(=O)OC[C@H]1O[C@@H](n2cc(F)c(=O)[nH]c2=O)[C@H](O)[C@@H]1O. The fraction of sp³-hybridized carbons (Fsp3) is 0.500. The van der Waals surface area contributed by atoms with Gasteiger partial charge in [-0.25, -0.2) is 4.79 Å². The Balaban J connectivity index is 2.09. The van der Waals surface area contributed by atoms with Crippen LogP contribution in [0.4, 0.5) is 4.39 Å². The predicted octanol–water partition coefficient (Wildman–Crippen LogP) is -1.20. The Bertz CT molecular complexity index is 729. The molecule has 0 aromatic carbocycles. The van der Waals surface area contributed by atoms with Gasteiger partial charge in [-0.05, 0) is 6.42 Å². The number of aliphatic hydroxyl groups is 2. The molecule has 1 fully saturated rings. The minimum Gasteiger partial charge on any atom is -0.463 e. The monoisotopic (exact) mass is 344 g/mol. The molecule has 0 saturated carbocycles. The highest BCUT2D eigenvalue weighted by atomic mass is 19.1. The van der Waals surface area contributed by atoms with E-state index in [-0.39, 0.29) is 13.0 Å². The Labute approximate surface area is 135 Å². The van der Waals surface area contributed by atoms with Crippen molar-refractivity contribution >= 4 is 5.97 Å². The summed E-state index contributed by atoms with van der Waals surface area (Å²) in [5, 5.41) is 19.9. The normalized spacial score (nSPS) is 26.3. The number of halogens is 1. The van der Waals surface area contributed by atoms with E-state index in [2.05, 4.69) is 6.58 Å². The number of rotatable bonds is 6. The second-order valence-electron chi connectivity index (χ2n) is 5.20. The van der Waals surface area contributed by atoms with Crippen LogP contribution in [0.25, 0.3) is 0 Å². The first-order valence-electron chi connectivity index (χ1n) is 7.14. The largest absolute Gasteiger partial charge is 0.463 e. The van der Waals surface area contributed by atoms with Crippen LogP contribution in [0.15, 0.2) is 28.4 Å². The Morgan fingerprint density at radius 1 is 1.46 bits per heavy atom. The van der Waals surface area contributed by atoms with Gasteiger partial charge >= 0.3 is 11.7 Å². The molecule has 132 valence electrons. The maximum atomic E-state index is 13.3. The first kappa shape index (κ1) is 18.0. The summed E-state index contributed by atoms with van der Waals surface area (Å²) in [6, 6.07) is 0. The van der Waals surface area contributed by atoms with Gasteiger partial charge in [0.2, 0.25) is 5.82 Å². The fourth-order valence-corrected chi connectivity index (χ4v) is 2.21. The number of aromatic nitrogens is 2. The molecule has 24 heavy (non-hydrogen) atoms. The van der Waals surface area contributed by atoms with Crippen LogP contribution in [0.2, 0.25) is 0 Å². The van der Waals surface area contributed by atoms with E-state index < -0.39 is 47.6 Å². The zero-order valence-electron chi connectivity index (χ0n) is 12.6. The Morgan fingerprint density at radius 3 is 2.83 bits per heavy atom. The van der Waals surface area contributed by atoms with E-state index in [0.29, 0.717) is 17.2 Å². The highest BCUT2D eigenvalue weighted by Crippen LogP contribution is 2.28.